The predicted octanol–water partition coefficient (Wildman–Crippen LogP) is 1.71. The van der Waals surface area contributed by atoms with Crippen LogP contribution in [0.1, 0.15) is 12.8 Å². The van der Waals surface area contributed by atoms with E-state index < -0.39 is 11.9 Å². The van der Waals surface area contributed by atoms with E-state index in [0.29, 0.717) is 0 Å². The van der Waals surface area contributed by atoms with Crippen LogP contribution in [0.5, 0.6) is 0 Å². The first kappa shape index (κ1) is 13.3. The van der Waals surface area contributed by atoms with Crippen molar-refractivity contribution in [2.24, 2.45) is 0 Å². The van der Waals surface area contributed by atoms with Crippen LogP contribution in [0.3, 0.4) is 0 Å². The predicted molar refractivity (Wildman–Crippen MR) is 53.0 cm³/mol. The fourth-order valence-corrected chi connectivity index (χ4v) is 1.34. The van der Waals surface area contributed by atoms with E-state index in [-0.39, 0.29) is 35.7 Å². The van der Waals surface area contributed by atoms with Crippen LogP contribution in [0.4, 0.5) is 0 Å². The van der Waals surface area contributed by atoms with E-state index in [1.165, 1.54) is 0 Å². The summed E-state index contributed by atoms with van der Waals surface area (Å²) in [6, 6.07) is 0. The minimum absolute atomic E-state index is 0.0232. The van der Waals surface area contributed by atoms with Gasteiger partial charge in [0.2, 0.25) is 0 Å². The first-order chi connectivity index (χ1) is 6.54. The summed E-state index contributed by atoms with van der Waals surface area (Å²) in [6.07, 6.45) is 0.0465. The fraction of sp³-hybridized carbons (Fsp3) is 0.500. The number of carboxylic acid groups (broad SMARTS) is 2. The summed E-state index contributed by atoms with van der Waals surface area (Å²) < 4.78 is 0. The van der Waals surface area contributed by atoms with Crippen LogP contribution >= 0.6 is 23.2 Å². The molecule has 0 aromatic carbocycles. The molecule has 4 nitrogen and oxygen atoms in total. The summed E-state index contributed by atoms with van der Waals surface area (Å²) >= 11 is 10.7. The smallest absolute Gasteiger partial charge is 0.332 e. The molecule has 0 saturated heterocycles. The van der Waals surface area contributed by atoms with Crippen molar-refractivity contribution in [2.75, 3.05) is 11.8 Å². The Kier molecular flexibility index (Phi) is 6.32. The Hall–Kier alpha value is -0.740. The zero-order chi connectivity index (χ0) is 11.1. The maximum absolute atomic E-state index is 10.7. The average Bonchev–Trinajstić information content (AvgIpc) is 2.10. The van der Waals surface area contributed by atoms with Gasteiger partial charge in [-0.25, -0.2) is 9.59 Å². The monoisotopic (exact) mass is 240 g/mol. The van der Waals surface area contributed by atoms with Gasteiger partial charge in [-0.2, -0.15) is 0 Å². The van der Waals surface area contributed by atoms with Crippen molar-refractivity contribution in [3.63, 3.8) is 0 Å². The first-order valence-electron chi connectivity index (χ1n) is 3.85. The molecule has 0 atom stereocenters. The Balaban J connectivity index is 5.03. The topological polar surface area (TPSA) is 74.6 Å². The molecule has 0 aliphatic rings. The van der Waals surface area contributed by atoms with E-state index in [4.69, 9.17) is 33.4 Å². The maximum Gasteiger partial charge on any atom is 0.332 e. The highest BCUT2D eigenvalue weighted by Crippen LogP contribution is 2.15. The highest BCUT2D eigenvalue weighted by atomic mass is 35.5. The summed E-state index contributed by atoms with van der Waals surface area (Å²) in [7, 11) is 0. The number of carboxylic acids is 2. The molecule has 6 heteroatoms. The quantitative estimate of drug-likeness (QED) is 0.548. The van der Waals surface area contributed by atoms with Crippen molar-refractivity contribution in [3.8, 4) is 0 Å². The Labute approximate surface area is 91.1 Å². The molecular weight excluding hydrogens is 231 g/mol. The van der Waals surface area contributed by atoms with Crippen LogP contribution in [0.2, 0.25) is 0 Å². The second-order valence-electron chi connectivity index (χ2n) is 2.45. The lowest BCUT2D eigenvalue weighted by Crippen LogP contribution is -2.12. The van der Waals surface area contributed by atoms with Gasteiger partial charge in [-0.3, -0.25) is 0 Å². The molecule has 0 rings (SSSR count). The van der Waals surface area contributed by atoms with Gasteiger partial charge in [0.1, 0.15) is 0 Å². The number of rotatable bonds is 6. The van der Waals surface area contributed by atoms with E-state index in [9.17, 15) is 9.59 Å². The number of carbonyl (C=O) groups is 2. The Bertz CT molecular complexity index is 234. The van der Waals surface area contributed by atoms with Crippen LogP contribution in [0.25, 0.3) is 0 Å². The molecule has 14 heavy (non-hydrogen) atoms. The number of hydrogen-bond donors (Lipinski definition) is 2. The van der Waals surface area contributed by atoms with Crippen LogP contribution in [0.15, 0.2) is 11.1 Å². The van der Waals surface area contributed by atoms with Crippen molar-refractivity contribution in [1.82, 2.24) is 0 Å². The number of aliphatic carboxylic acids is 2. The highest BCUT2D eigenvalue weighted by molar-refractivity contribution is 6.19. The van der Waals surface area contributed by atoms with Gasteiger partial charge >= 0.3 is 11.9 Å². The molecule has 0 aliphatic heterocycles. The number of alkyl halides is 2. The summed E-state index contributed by atoms with van der Waals surface area (Å²) in [4.78, 5) is 21.4. The van der Waals surface area contributed by atoms with Crippen LogP contribution in [-0.4, -0.2) is 33.9 Å². The third kappa shape index (κ3) is 3.98. The molecule has 0 bridgehead atoms. The van der Waals surface area contributed by atoms with E-state index in [1.54, 1.807) is 0 Å². The van der Waals surface area contributed by atoms with Crippen LogP contribution < -0.4 is 0 Å². The molecule has 0 fully saturated rings. The van der Waals surface area contributed by atoms with E-state index in [1.807, 2.05) is 0 Å². The Morgan fingerprint density at radius 3 is 1.29 bits per heavy atom. The van der Waals surface area contributed by atoms with Crippen molar-refractivity contribution in [2.45, 2.75) is 12.8 Å². The second-order valence-corrected chi connectivity index (χ2v) is 3.20. The molecular formula is C8H10Cl2O4. The molecule has 0 spiro atoms. The maximum atomic E-state index is 10.7. The average molecular weight is 241 g/mol. The molecule has 0 heterocycles. The lowest BCUT2D eigenvalue weighted by molar-refractivity contribution is -0.136. The molecule has 0 aromatic heterocycles. The minimum Gasteiger partial charge on any atom is -0.478 e. The van der Waals surface area contributed by atoms with Crippen molar-refractivity contribution >= 4 is 35.1 Å². The van der Waals surface area contributed by atoms with Gasteiger partial charge in [-0.05, 0) is 12.8 Å². The summed E-state index contributed by atoms with van der Waals surface area (Å²) in [5.74, 6) is -2.37. The molecule has 0 aromatic rings. The highest BCUT2D eigenvalue weighted by Gasteiger charge is 2.18. The molecule has 2 N–H and O–H groups in total. The largest absolute Gasteiger partial charge is 0.478 e. The van der Waals surface area contributed by atoms with Crippen molar-refractivity contribution in [3.05, 3.63) is 11.1 Å². The van der Waals surface area contributed by atoms with Gasteiger partial charge in [0.05, 0.1) is 0 Å². The standard InChI is InChI=1S/C8H10Cl2O4/c9-3-1-5(7(11)12)6(2-4-10)8(13)14/h1-4H2,(H,11,12)(H,13,14). The molecule has 0 aliphatic carbocycles. The zero-order valence-electron chi connectivity index (χ0n) is 7.30. The van der Waals surface area contributed by atoms with Crippen molar-refractivity contribution in [1.29, 1.82) is 0 Å². The van der Waals surface area contributed by atoms with E-state index in [2.05, 4.69) is 0 Å². The Morgan fingerprint density at radius 2 is 1.14 bits per heavy atom. The molecule has 0 unspecified atom stereocenters. The normalized spacial score (nSPS) is 12.1. The van der Waals surface area contributed by atoms with Gasteiger partial charge in [-0.15, -0.1) is 23.2 Å². The lowest BCUT2D eigenvalue weighted by Gasteiger charge is -2.05. The van der Waals surface area contributed by atoms with Gasteiger partial charge in [0.25, 0.3) is 0 Å². The van der Waals surface area contributed by atoms with Gasteiger partial charge in [-0.1, -0.05) is 0 Å². The van der Waals surface area contributed by atoms with Gasteiger partial charge in [0.15, 0.2) is 0 Å². The molecule has 0 saturated carbocycles. The van der Waals surface area contributed by atoms with Crippen molar-refractivity contribution < 1.29 is 19.8 Å². The van der Waals surface area contributed by atoms with Gasteiger partial charge < -0.3 is 10.2 Å². The fourth-order valence-electron chi connectivity index (χ4n) is 0.963. The van der Waals surface area contributed by atoms with Crippen LogP contribution in [-0.2, 0) is 9.59 Å². The third-order valence-electron chi connectivity index (χ3n) is 1.57. The van der Waals surface area contributed by atoms with E-state index in [0.717, 1.165) is 0 Å². The molecule has 0 amide bonds. The van der Waals surface area contributed by atoms with Crippen LogP contribution in [0, 0.1) is 0 Å². The summed E-state index contributed by atoms with van der Waals surface area (Å²) in [5.41, 5.74) is -0.346. The SMILES string of the molecule is O=C(O)C(CCCl)=C(CCCl)C(=O)O. The third-order valence-corrected chi connectivity index (χ3v) is 1.95. The Morgan fingerprint density at radius 1 is 0.857 bits per heavy atom. The second kappa shape index (κ2) is 6.68. The first-order valence-corrected chi connectivity index (χ1v) is 4.92. The van der Waals surface area contributed by atoms with Gasteiger partial charge in [0, 0.05) is 22.9 Å². The van der Waals surface area contributed by atoms with E-state index >= 15 is 0 Å². The number of hydrogen-bond acceptors (Lipinski definition) is 2. The minimum atomic E-state index is -1.26. The molecule has 80 valence electrons. The zero-order valence-corrected chi connectivity index (χ0v) is 8.81. The summed E-state index contributed by atoms with van der Waals surface area (Å²) in [5, 5.41) is 17.5. The summed E-state index contributed by atoms with van der Waals surface area (Å²) in [6.45, 7) is 0. The molecule has 0 radical (unpaired) electrons. The number of halogens is 2. The lowest BCUT2D eigenvalue weighted by atomic mass is 10.0.